The summed E-state index contributed by atoms with van der Waals surface area (Å²) in [4.78, 5) is 17.0. The molecule has 3 aromatic heterocycles. The Balaban J connectivity index is 1.53. The van der Waals surface area contributed by atoms with Gasteiger partial charge in [0.25, 0.3) is 0 Å². The summed E-state index contributed by atoms with van der Waals surface area (Å²) in [6.45, 7) is 4.30. The summed E-state index contributed by atoms with van der Waals surface area (Å²) in [5, 5.41) is 12.1. The lowest BCUT2D eigenvalue weighted by molar-refractivity contribution is -0.120. The molecule has 0 aliphatic rings. The smallest absolute Gasteiger partial charge is 0.233 e. The maximum absolute atomic E-state index is 12.8. The van der Waals surface area contributed by atoms with Gasteiger partial charge in [-0.05, 0) is 43.7 Å². The molecule has 0 radical (unpaired) electrons. The van der Waals surface area contributed by atoms with Crippen molar-refractivity contribution in [3.05, 3.63) is 84.6 Å². The second kappa shape index (κ2) is 9.61. The van der Waals surface area contributed by atoms with Gasteiger partial charge < -0.3 is 9.73 Å². The van der Waals surface area contributed by atoms with Gasteiger partial charge in [0.15, 0.2) is 11.0 Å². The topological polar surface area (TPSA) is 85.8 Å². The van der Waals surface area contributed by atoms with E-state index >= 15 is 0 Å². The van der Waals surface area contributed by atoms with E-state index in [0.29, 0.717) is 17.5 Å². The molecule has 2 unspecified atom stereocenters. The number of carbonyl (C=O) groups excluding carboxylic acids is 1. The van der Waals surface area contributed by atoms with E-state index in [1.54, 1.807) is 18.7 Å². The van der Waals surface area contributed by atoms with E-state index in [4.69, 9.17) is 4.42 Å². The van der Waals surface area contributed by atoms with Crippen molar-refractivity contribution >= 4 is 17.7 Å². The highest BCUT2D eigenvalue weighted by Crippen LogP contribution is 2.28. The van der Waals surface area contributed by atoms with Gasteiger partial charge in [0, 0.05) is 18.0 Å². The Morgan fingerprint density at radius 2 is 1.94 bits per heavy atom. The number of rotatable bonds is 8. The third-order valence-corrected chi connectivity index (χ3v) is 5.92. The average Bonchev–Trinajstić information content (AvgIpc) is 3.45. The van der Waals surface area contributed by atoms with Crippen LogP contribution in [-0.2, 0) is 11.3 Å². The van der Waals surface area contributed by atoms with Crippen molar-refractivity contribution in [1.82, 2.24) is 25.1 Å². The third-order valence-electron chi connectivity index (χ3n) is 4.84. The van der Waals surface area contributed by atoms with Gasteiger partial charge in [-0.2, -0.15) is 0 Å². The Morgan fingerprint density at radius 1 is 1.10 bits per heavy atom. The molecule has 0 saturated heterocycles. The zero-order valence-electron chi connectivity index (χ0n) is 17.3. The number of hydrogen-bond donors (Lipinski definition) is 1. The highest BCUT2D eigenvalue weighted by Gasteiger charge is 2.22. The summed E-state index contributed by atoms with van der Waals surface area (Å²) in [6, 6.07) is 17.4. The van der Waals surface area contributed by atoms with E-state index in [9.17, 15) is 4.79 Å². The van der Waals surface area contributed by atoms with E-state index in [0.717, 1.165) is 16.9 Å². The SMILES string of the molecule is CC(Sc1nnc(-c2cccnc2)n1Cc1ccco1)C(=O)NC(C)c1ccccc1. The van der Waals surface area contributed by atoms with Gasteiger partial charge >= 0.3 is 0 Å². The van der Waals surface area contributed by atoms with Crippen LogP contribution in [0, 0.1) is 0 Å². The number of aromatic nitrogens is 4. The zero-order valence-corrected chi connectivity index (χ0v) is 18.1. The van der Waals surface area contributed by atoms with Crippen LogP contribution >= 0.6 is 11.8 Å². The van der Waals surface area contributed by atoms with Crippen LogP contribution in [-0.4, -0.2) is 30.9 Å². The lowest BCUT2D eigenvalue weighted by Crippen LogP contribution is -2.33. The van der Waals surface area contributed by atoms with E-state index in [1.165, 1.54) is 11.8 Å². The Kier molecular flexibility index (Phi) is 6.47. The van der Waals surface area contributed by atoms with Crippen molar-refractivity contribution in [2.75, 3.05) is 0 Å². The minimum atomic E-state index is -0.354. The van der Waals surface area contributed by atoms with Crippen LogP contribution in [0.4, 0.5) is 0 Å². The fraction of sp³-hybridized carbons (Fsp3) is 0.217. The van der Waals surface area contributed by atoms with Crippen LogP contribution in [0.1, 0.15) is 31.2 Å². The minimum absolute atomic E-state index is 0.0585. The second-order valence-electron chi connectivity index (χ2n) is 7.11. The number of hydrogen-bond acceptors (Lipinski definition) is 6. The summed E-state index contributed by atoms with van der Waals surface area (Å²) in [6.07, 6.45) is 5.10. The van der Waals surface area contributed by atoms with Gasteiger partial charge in [-0.3, -0.25) is 14.3 Å². The van der Waals surface area contributed by atoms with Crippen LogP contribution < -0.4 is 5.32 Å². The molecule has 7 nitrogen and oxygen atoms in total. The number of amides is 1. The quantitative estimate of drug-likeness (QED) is 0.416. The van der Waals surface area contributed by atoms with E-state index in [-0.39, 0.29) is 17.2 Å². The molecule has 0 fully saturated rings. The van der Waals surface area contributed by atoms with Crippen LogP contribution in [0.3, 0.4) is 0 Å². The van der Waals surface area contributed by atoms with E-state index < -0.39 is 0 Å². The van der Waals surface area contributed by atoms with Gasteiger partial charge in [-0.15, -0.1) is 10.2 Å². The number of thioether (sulfide) groups is 1. The van der Waals surface area contributed by atoms with Gasteiger partial charge in [0.2, 0.25) is 5.91 Å². The van der Waals surface area contributed by atoms with Gasteiger partial charge in [-0.1, -0.05) is 42.1 Å². The minimum Gasteiger partial charge on any atom is -0.467 e. The first-order chi connectivity index (χ1) is 15.1. The molecule has 1 aromatic carbocycles. The molecule has 0 aliphatic carbocycles. The highest BCUT2D eigenvalue weighted by atomic mass is 32.2. The predicted octanol–water partition coefficient (Wildman–Crippen LogP) is 4.34. The van der Waals surface area contributed by atoms with Gasteiger partial charge in [-0.25, -0.2) is 0 Å². The highest BCUT2D eigenvalue weighted by molar-refractivity contribution is 8.00. The molecule has 1 amide bonds. The predicted molar refractivity (Wildman–Crippen MR) is 119 cm³/mol. The molecule has 158 valence electrons. The number of nitrogens with zero attached hydrogens (tertiary/aromatic N) is 4. The summed E-state index contributed by atoms with van der Waals surface area (Å²) >= 11 is 1.37. The summed E-state index contributed by atoms with van der Waals surface area (Å²) < 4.78 is 7.48. The number of pyridine rings is 1. The Bertz CT molecular complexity index is 1110. The molecule has 0 saturated carbocycles. The average molecular weight is 434 g/mol. The molecule has 3 heterocycles. The molecule has 2 atom stereocenters. The standard InChI is InChI=1S/C23H23N5O2S/c1-16(18-8-4-3-5-9-18)25-22(29)17(2)31-23-27-26-21(19-10-6-12-24-14-19)28(23)15-20-11-7-13-30-20/h3-14,16-17H,15H2,1-2H3,(H,25,29). The first-order valence-electron chi connectivity index (χ1n) is 10.00. The molecule has 0 bridgehead atoms. The maximum Gasteiger partial charge on any atom is 0.233 e. The molecule has 31 heavy (non-hydrogen) atoms. The molecule has 4 rings (SSSR count). The number of benzene rings is 1. The van der Waals surface area contributed by atoms with E-state index in [2.05, 4.69) is 20.5 Å². The Morgan fingerprint density at radius 3 is 2.65 bits per heavy atom. The first-order valence-corrected chi connectivity index (χ1v) is 10.9. The van der Waals surface area contributed by atoms with Crippen molar-refractivity contribution in [2.24, 2.45) is 0 Å². The maximum atomic E-state index is 12.8. The Labute approximate surface area is 184 Å². The molecule has 0 spiro atoms. The zero-order chi connectivity index (χ0) is 21.6. The van der Waals surface area contributed by atoms with Crippen molar-refractivity contribution in [2.45, 2.75) is 36.8 Å². The molecular formula is C23H23N5O2S. The number of furan rings is 1. The fourth-order valence-electron chi connectivity index (χ4n) is 3.15. The largest absolute Gasteiger partial charge is 0.467 e. The van der Waals surface area contributed by atoms with Crippen molar-refractivity contribution in [3.8, 4) is 11.4 Å². The molecule has 8 heteroatoms. The van der Waals surface area contributed by atoms with Gasteiger partial charge in [0.05, 0.1) is 24.1 Å². The number of carbonyl (C=O) groups is 1. The second-order valence-corrected chi connectivity index (χ2v) is 8.42. The summed E-state index contributed by atoms with van der Waals surface area (Å²) in [7, 11) is 0. The number of nitrogens with one attached hydrogen (secondary N) is 1. The summed E-state index contributed by atoms with van der Waals surface area (Å²) in [5.74, 6) is 1.40. The van der Waals surface area contributed by atoms with Crippen LogP contribution in [0.25, 0.3) is 11.4 Å². The van der Waals surface area contributed by atoms with Gasteiger partial charge in [0.1, 0.15) is 5.76 Å². The third kappa shape index (κ3) is 5.03. The molecule has 0 aliphatic heterocycles. The lowest BCUT2D eigenvalue weighted by Gasteiger charge is -2.18. The molecule has 4 aromatic rings. The van der Waals surface area contributed by atoms with Crippen molar-refractivity contribution < 1.29 is 9.21 Å². The normalized spacial score (nSPS) is 13.0. The van der Waals surface area contributed by atoms with Crippen molar-refractivity contribution in [3.63, 3.8) is 0 Å². The molecular weight excluding hydrogens is 410 g/mol. The monoisotopic (exact) mass is 433 g/mol. The summed E-state index contributed by atoms with van der Waals surface area (Å²) in [5.41, 5.74) is 1.91. The van der Waals surface area contributed by atoms with Crippen molar-refractivity contribution in [1.29, 1.82) is 0 Å². The van der Waals surface area contributed by atoms with Crippen LogP contribution in [0.15, 0.2) is 82.8 Å². The fourth-order valence-corrected chi connectivity index (χ4v) is 4.01. The molecule has 1 N–H and O–H groups in total. The lowest BCUT2D eigenvalue weighted by atomic mass is 10.1. The Hall–Kier alpha value is -3.39. The first kappa shape index (κ1) is 20.9. The van der Waals surface area contributed by atoms with Crippen LogP contribution in [0.2, 0.25) is 0 Å². The van der Waals surface area contributed by atoms with E-state index in [1.807, 2.05) is 73.0 Å². The van der Waals surface area contributed by atoms with Crippen LogP contribution in [0.5, 0.6) is 0 Å².